The Hall–Kier alpha value is -2.20. The number of aryl methyl sites for hydroxylation is 1. The van der Waals surface area contributed by atoms with Gasteiger partial charge in [-0.3, -0.25) is 4.79 Å². The number of halogens is 1. The van der Waals surface area contributed by atoms with E-state index >= 15 is 0 Å². The predicted octanol–water partition coefficient (Wildman–Crippen LogP) is 4.01. The normalized spacial score (nSPS) is 17.8. The molecule has 0 spiro atoms. The largest absolute Gasteiger partial charge is 0.345 e. The van der Waals surface area contributed by atoms with E-state index in [2.05, 4.69) is 4.90 Å². The van der Waals surface area contributed by atoms with Crippen LogP contribution >= 0.6 is 22.9 Å². The van der Waals surface area contributed by atoms with Gasteiger partial charge in [-0.25, -0.2) is 13.4 Å². The molecule has 0 aliphatic carbocycles. The molecular weight excluding hydrogens is 480 g/mol. The number of piperazine rings is 1. The van der Waals surface area contributed by atoms with Gasteiger partial charge in [0.2, 0.25) is 10.0 Å². The highest BCUT2D eigenvalue weighted by Gasteiger charge is 2.28. The number of hydrogen-bond donors (Lipinski definition) is 0. The van der Waals surface area contributed by atoms with Crippen LogP contribution in [0.1, 0.15) is 28.8 Å². The summed E-state index contributed by atoms with van der Waals surface area (Å²) in [5, 5.41) is 1.66. The lowest BCUT2D eigenvalue weighted by molar-refractivity contribution is 0.0746. The van der Waals surface area contributed by atoms with Crippen LogP contribution in [0.2, 0.25) is 5.02 Å². The third-order valence-corrected chi connectivity index (χ3v) is 9.78. The van der Waals surface area contributed by atoms with Crippen LogP contribution in [-0.2, 0) is 10.0 Å². The van der Waals surface area contributed by atoms with E-state index in [0.717, 1.165) is 33.8 Å². The summed E-state index contributed by atoms with van der Waals surface area (Å²) in [4.78, 5) is 22.1. The molecule has 0 atom stereocenters. The molecule has 2 aliphatic rings. The highest BCUT2D eigenvalue weighted by atomic mass is 35.5. The molecular formula is C23H25ClN4O3S2. The van der Waals surface area contributed by atoms with Crippen molar-refractivity contribution < 1.29 is 13.2 Å². The number of benzene rings is 2. The Morgan fingerprint density at radius 2 is 1.64 bits per heavy atom. The van der Waals surface area contributed by atoms with Crippen LogP contribution in [-0.4, -0.2) is 67.8 Å². The van der Waals surface area contributed by atoms with Crippen LogP contribution < -0.4 is 4.90 Å². The van der Waals surface area contributed by atoms with Gasteiger partial charge in [0.05, 0.1) is 15.1 Å². The Bertz CT molecular complexity index is 1290. The Balaban J connectivity index is 1.25. The first-order valence-corrected chi connectivity index (χ1v) is 13.7. The zero-order valence-electron chi connectivity index (χ0n) is 18.3. The molecule has 7 nitrogen and oxygen atoms in total. The van der Waals surface area contributed by atoms with E-state index in [1.807, 2.05) is 24.0 Å². The summed E-state index contributed by atoms with van der Waals surface area (Å²) < 4.78 is 28.0. The zero-order chi connectivity index (χ0) is 23.2. The lowest BCUT2D eigenvalue weighted by Crippen LogP contribution is -2.48. The van der Waals surface area contributed by atoms with Crippen molar-refractivity contribution in [3.8, 4) is 0 Å². The number of carbonyl (C=O) groups excluding carboxylic acids is 1. The molecule has 5 rings (SSSR count). The molecule has 1 amide bonds. The molecule has 33 heavy (non-hydrogen) atoms. The third kappa shape index (κ3) is 4.23. The van der Waals surface area contributed by atoms with E-state index in [4.69, 9.17) is 16.6 Å². The summed E-state index contributed by atoms with van der Waals surface area (Å²) >= 11 is 7.87. The lowest BCUT2D eigenvalue weighted by atomic mass is 10.2. The van der Waals surface area contributed by atoms with Crippen LogP contribution in [0.15, 0.2) is 41.3 Å². The topological polar surface area (TPSA) is 73.8 Å². The number of thiazole rings is 1. The number of amides is 1. The fourth-order valence-electron chi connectivity index (χ4n) is 4.35. The molecule has 3 aromatic rings. The summed E-state index contributed by atoms with van der Waals surface area (Å²) in [6, 6.07) is 10.2. The molecule has 2 fully saturated rings. The van der Waals surface area contributed by atoms with Crippen LogP contribution in [0, 0.1) is 6.92 Å². The number of hydrogen-bond acceptors (Lipinski definition) is 6. The van der Waals surface area contributed by atoms with Crippen molar-refractivity contribution in [3.05, 3.63) is 52.5 Å². The van der Waals surface area contributed by atoms with E-state index in [-0.39, 0.29) is 10.8 Å². The Labute approximate surface area is 202 Å². The van der Waals surface area contributed by atoms with Crippen molar-refractivity contribution in [1.82, 2.24) is 14.2 Å². The van der Waals surface area contributed by atoms with Gasteiger partial charge in [0, 0.05) is 49.9 Å². The average molecular weight is 505 g/mol. The van der Waals surface area contributed by atoms with Crippen molar-refractivity contribution >= 4 is 54.2 Å². The molecule has 2 aromatic carbocycles. The highest BCUT2D eigenvalue weighted by Crippen LogP contribution is 2.34. The van der Waals surface area contributed by atoms with E-state index in [1.54, 1.807) is 35.6 Å². The lowest BCUT2D eigenvalue weighted by Gasteiger charge is -2.34. The van der Waals surface area contributed by atoms with Gasteiger partial charge in [0.15, 0.2) is 5.13 Å². The van der Waals surface area contributed by atoms with Gasteiger partial charge in [-0.15, -0.1) is 0 Å². The molecule has 174 valence electrons. The molecule has 2 saturated heterocycles. The van der Waals surface area contributed by atoms with Crippen LogP contribution in [0.25, 0.3) is 10.2 Å². The van der Waals surface area contributed by atoms with Gasteiger partial charge in [0.25, 0.3) is 5.91 Å². The first-order valence-electron chi connectivity index (χ1n) is 11.0. The first kappa shape index (κ1) is 22.6. The number of aromatic nitrogens is 1. The van der Waals surface area contributed by atoms with E-state index in [0.29, 0.717) is 49.9 Å². The van der Waals surface area contributed by atoms with Crippen LogP contribution in [0.3, 0.4) is 0 Å². The summed E-state index contributed by atoms with van der Waals surface area (Å²) in [5.41, 5.74) is 2.43. The second kappa shape index (κ2) is 8.87. The number of carbonyl (C=O) groups is 1. The number of fused-ring (bicyclic) bond motifs is 1. The minimum Gasteiger partial charge on any atom is -0.345 e. The summed E-state index contributed by atoms with van der Waals surface area (Å²) in [6.45, 7) is 5.67. The van der Waals surface area contributed by atoms with Crippen molar-refractivity contribution in [2.75, 3.05) is 44.2 Å². The Morgan fingerprint density at radius 3 is 2.30 bits per heavy atom. The van der Waals surface area contributed by atoms with E-state index in [1.165, 1.54) is 4.31 Å². The van der Waals surface area contributed by atoms with Gasteiger partial charge in [-0.2, -0.15) is 4.31 Å². The minimum absolute atomic E-state index is 0.0771. The molecule has 2 aliphatic heterocycles. The molecule has 0 N–H and O–H groups in total. The quantitative estimate of drug-likeness (QED) is 0.537. The third-order valence-electron chi connectivity index (χ3n) is 6.38. The van der Waals surface area contributed by atoms with Crippen molar-refractivity contribution in [2.24, 2.45) is 0 Å². The van der Waals surface area contributed by atoms with Gasteiger partial charge in [0.1, 0.15) is 0 Å². The molecule has 10 heteroatoms. The molecule has 0 unspecified atom stereocenters. The second-order valence-electron chi connectivity index (χ2n) is 8.43. The molecule has 0 bridgehead atoms. The Morgan fingerprint density at radius 1 is 0.970 bits per heavy atom. The molecule has 0 radical (unpaired) electrons. The van der Waals surface area contributed by atoms with Gasteiger partial charge < -0.3 is 9.80 Å². The van der Waals surface area contributed by atoms with Gasteiger partial charge in [-0.05, 0) is 61.7 Å². The minimum atomic E-state index is -3.47. The van der Waals surface area contributed by atoms with Crippen molar-refractivity contribution in [2.45, 2.75) is 24.7 Å². The van der Waals surface area contributed by atoms with Crippen molar-refractivity contribution in [3.63, 3.8) is 0 Å². The number of sulfonamides is 1. The van der Waals surface area contributed by atoms with E-state index < -0.39 is 10.0 Å². The molecule has 1 aromatic heterocycles. The maximum atomic E-state index is 13.0. The van der Waals surface area contributed by atoms with Crippen molar-refractivity contribution in [1.29, 1.82) is 0 Å². The molecule has 3 heterocycles. The maximum absolute atomic E-state index is 13.0. The second-order valence-corrected chi connectivity index (χ2v) is 11.8. The summed E-state index contributed by atoms with van der Waals surface area (Å²) in [6.07, 6.45) is 1.79. The SMILES string of the molecule is Cc1c(Cl)ccc2sc(N3CCN(C(=O)c4ccc(S(=O)(=O)N5CCCC5)cc4)CC3)nc12. The predicted molar refractivity (Wildman–Crippen MR) is 132 cm³/mol. The van der Waals surface area contributed by atoms with E-state index in [9.17, 15) is 13.2 Å². The summed E-state index contributed by atoms with van der Waals surface area (Å²) in [7, 11) is -3.47. The highest BCUT2D eigenvalue weighted by molar-refractivity contribution is 7.89. The number of rotatable bonds is 4. The molecule has 0 saturated carbocycles. The Kier molecular flexibility index (Phi) is 6.07. The smallest absolute Gasteiger partial charge is 0.253 e. The maximum Gasteiger partial charge on any atom is 0.253 e. The van der Waals surface area contributed by atoms with Gasteiger partial charge in [-0.1, -0.05) is 22.9 Å². The number of nitrogens with zero attached hydrogens (tertiary/aromatic N) is 4. The number of anilines is 1. The average Bonchev–Trinajstić information content (AvgIpc) is 3.52. The summed E-state index contributed by atoms with van der Waals surface area (Å²) in [5.74, 6) is -0.0771. The van der Waals surface area contributed by atoms with Gasteiger partial charge >= 0.3 is 0 Å². The first-order chi connectivity index (χ1) is 15.8. The fraction of sp³-hybridized carbons (Fsp3) is 0.391. The zero-order valence-corrected chi connectivity index (χ0v) is 20.7. The fourth-order valence-corrected chi connectivity index (χ4v) is 7.10. The monoisotopic (exact) mass is 504 g/mol. The van der Waals surface area contributed by atoms with Crippen LogP contribution in [0.5, 0.6) is 0 Å². The standard InChI is InChI=1S/C23H25ClN4O3S2/c1-16-19(24)8-9-20-21(16)25-23(32-20)27-14-12-26(13-15-27)22(29)17-4-6-18(7-5-17)33(30,31)28-10-2-3-11-28/h4-9H,2-3,10-15H2,1H3. The van der Waals surface area contributed by atoms with Crippen LogP contribution in [0.4, 0.5) is 5.13 Å².